The number of H-pyrrole nitrogens is 1. The van der Waals surface area contributed by atoms with Crippen LogP contribution < -0.4 is 10.6 Å². The molecule has 0 saturated heterocycles. The molecule has 118 valence electrons. The maximum Gasteiger partial charge on any atom is 0.166 e. The molecule has 0 bridgehead atoms. The average Bonchev–Trinajstić information content (AvgIpc) is 2.98. The summed E-state index contributed by atoms with van der Waals surface area (Å²) < 4.78 is 12.8. The second kappa shape index (κ2) is 7.24. The molecule has 0 spiro atoms. The van der Waals surface area contributed by atoms with Gasteiger partial charge in [0.05, 0.1) is 0 Å². The van der Waals surface area contributed by atoms with Crippen LogP contribution in [0.4, 0.5) is 4.39 Å². The molecule has 23 heavy (non-hydrogen) atoms. The summed E-state index contributed by atoms with van der Waals surface area (Å²) in [7, 11) is 0. The summed E-state index contributed by atoms with van der Waals surface area (Å²) in [5.74, 6) is -0.229. The fourth-order valence-corrected chi connectivity index (χ4v) is 2.67. The molecule has 1 aromatic heterocycles. The van der Waals surface area contributed by atoms with Crippen molar-refractivity contribution in [1.29, 1.82) is 0 Å². The first-order valence-corrected chi connectivity index (χ1v) is 7.94. The number of hydrogen-bond acceptors (Lipinski definition) is 1. The predicted octanol–water partition coefficient (Wildman–Crippen LogP) is 3.51. The molecule has 3 nitrogen and oxygen atoms in total. The lowest BCUT2D eigenvalue weighted by Gasteiger charge is -2.10. The van der Waals surface area contributed by atoms with Crippen LogP contribution in [0.2, 0.25) is 0 Å². The second-order valence-electron chi connectivity index (χ2n) is 5.35. The van der Waals surface area contributed by atoms with Gasteiger partial charge in [-0.1, -0.05) is 30.3 Å². The Morgan fingerprint density at radius 1 is 1.04 bits per heavy atom. The quantitative estimate of drug-likeness (QED) is 0.628. The summed E-state index contributed by atoms with van der Waals surface area (Å²) in [4.78, 5) is 3.27. The second-order valence-corrected chi connectivity index (χ2v) is 5.75. The lowest BCUT2D eigenvalue weighted by Crippen LogP contribution is -2.35. The molecule has 0 fully saturated rings. The van der Waals surface area contributed by atoms with Crippen LogP contribution in [0.15, 0.2) is 54.7 Å². The number of rotatable bonds is 5. The molecule has 0 aliphatic heterocycles. The van der Waals surface area contributed by atoms with Gasteiger partial charge in [0.2, 0.25) is 0 Å². The molecule has 3 rings (SSSR count). The summed E-state index contributed by atoms with van der Waals surface area (Å²) in [5.41, 5.74) is 3.42. The van der Waals surface area contributed by atoms with Crippen LogP contribution in [0.3, 0.4) is 0 Å². The Balaban J connectivity index is 1.45. The van der Waals surface area contributed by atoms with Gasteiger partial charge in [-0.3, -0.25) is 0 Å². The molecule has 5 heteroatoms. The highest BCUT2D eigenvalue weighted by molar-refractivity contribution is 7.80. The molecule has 0 radical (unpaired) electrons. The first-order valence-electron chi connectivity index (χ1n) is 7.53. The molecule has 1 heterocycles. The number of fused-ring (bicyclic) bond motifs is 1. The van der Waals surface area contributed by atoms with Crippen molar-refractivity contribution in [3.63, 3.8) is 0 Å². The number of halogens is 1. The molecule has 0 atom stereocenters. The van der Waals surface area contributed by atoms with Gasteiger partial charge in [-0.2, -0.15) is 0 Å². The summed E-state index contributed by atoms with van der Waals surface area (Å²) in [6.45, 7) is 1.34. The van der Waals surface area contributed by atoms with Gasteiger partial charge in [-0.25, -0.2) is 4.39 Å². The fourth-order valence-electron chi connectivity index (χ4n) is 2.50. The van der Waals surface area contributed by atoms with E-state index in [1.807, 2.05) is 18.3 Å². The summed E-state index contributed by atoms with van der Waals surface area (Å²) in [6, 6.07) is 14.6. The van der Waals surface area contributed by atoms with E-state index in [9.17, 15) is 4.39 Å². The third-order valence-electron chi connectivity index (χ3n) is 3.72. The number of thiocarbonyl (C=S) groups is 1. The number of aromatic amines is 1. The minimum Gasteiger partial charge on any atom is -0.362 e. The van der Waals surface area contributed by atoms with E-state index in [2.05, 4.69) is 27.8 Å². The Morgan fingerprint density at radius 2 is 1.83 bits per heavy atom. The standard InChI is InChI=1S/C18H18FN3S/c19-15-7-5-13(6-8-15)11-22-18(23)20-10-9-14-12-21-17-4-2-1-3-16(14)17/h1-8,12,21H,9-11H2,(H2,20,22,23). The van der Waals surface area contributed by atoms with E-state index >= 15 is 0 Å². The Hall–Kier alpha value is -2.40. The zero-order valence-corrected chi connectivity index (χ0v) is 13.4. The Morgan fingerprint density at radius 3 is 2.65 bits per heavy atom. The molecule has 3 aromatic rings. The van der Waals surface area contributed by atoms with Crippen molar-refractivity contribution in [1.82, 2.24) is 15.6 Å². The Kier molecular flexibility index (Phi) is 4.88. The normalized spacial score (nSPS) is 10.7. The number of aromatic nitrogens is 1. The molecule has 3 N–H and O–H groups in total. The molecule has 2 aromatic carbocycles. The van der Waals surface area contributed by atoms with E-state index in [0.717, 1.165) is 24.0 Å². The van der Waals surface area contributed by atoms with Crippen LogP contribution in [0, 0.1) is 5.82 Å². The topological polar surface area (TPSA) is 39.8 Å². The number of benzene rings is 2. The van der Waals surface area contributed by atoms with Gasteiger partial charge in [-0.05, 0) is 48.0 Å². The van der Waals surface area contributed by atoms with E-state index in [1.54, 1.807) is 12.1 Å². The largest absolute Gasteiger partial charge is 0.362 e. The van der Waals surface area contributed by atoms with Crippen molar-refractivity contribution in [3.8, 4) is 0 Å². The first kappa shape index (κ1) is 15.5. The van der Waals surface area contributed by atoms with Gasteiger partial charge in [0.1, 0.15) is 5.82 Å². The van der Waals surface area contributed by atoms with Crippen molar-refractivity contribution >= 4 is 28.2 Å². The lowest BCUT2D eigenvalue weighted by molar-refractivity contribution is 0.626. The Bertz CT molecular complexity index is 795. The van der Waals surface area contributed by atoms with E-state index in [4.69, 9.17) is 12.2 Å². The van der Waals surface area contributed by atoms with Crippen molar-refractivity contribution in [2.24, 2.45) is 0 Å². The van der Waals surface area contributed by atoms with Gasteiger partial charge in [0, 0.05) is 30.2 Å². The summed E-state index contributed by atoms with van der Waals surface area (Å²) in [6.07, 6.45) is 2.93. The molecule has 0 aliphatic carbocycles. The van der Waals surface area contributed by atoms with Crippen molar-refractivity contribution in [2.75, 3.05) is 6.54 Å². The zero-order valence-electron chi connectivity index (χ0n) is 12.6. The number of para-hydroxylation sites is 1. The maximum atomic E-state index is 12.8. The molecule has 0 amide bonds. The molecular weight excluding hydrogens is 309 g/mol. The first-order chi connectivity index (χ1) is 11.2. The highest BCUT2D eigenvalue weighted by atomic mass is 32.1. The molecular formula is C18H18FN3S. The van der Waals surface area contributed by atoms with Crippen LogP contribution in [0.5, 0.6) is 0 Å². The molecule has 0 aliphatic rings. The minimum absolute atomic E-state index is 0.229. The van der Waals surface area contributed by atoms with Gasteiger partial charge >= 0.3 is 0 Å². The van der Waals surface area contributed by atoms with E-state index in [1.165, 1.54) is 23.1 Å². The highest BCUT2D eigenvalue weighted by Crippen LogP contribution is 2.17. The highest BCUT2D eigenvalue weighted by Gasteiger charge is 2.03. The van der Waals surface area contributed by atoms with Crippen molar-refractivity contribution in [3.05, 3.63) is 71.7 Å². The van der Waals surface area contributed by atoms with Crippen LogP contribution in [0.25, 0.3) is 10.9 Å². The van der Waals surface area contributed by atoms with Gasteiger partial charge in [-0.15, -0.1) is 0 Å². The molecule has 0 unspecified atom stereocenters. The lowest BCUT2D eigenvalue weighted by atomic mass is 10.1. The monoisotopic (exact) mass is 327 g/mol. The fraction of sp³-hybridized carbons (Fsp3) is 0.167. The smallest absolute Gasteiger partial charge is 0.166 e. The zero-order chi connectivity index (χ0) is 16.1. The van der Waals surface area contributed by atoms with Crippen LogP contribution in [0.1, 0.15) is 11.1 Å². The predicted molar refractivity (Wildman–Crippen MR) is 95.8 cm³/mol. The third kappa shape index (κ3) is 4.07. The number of hydrogen-bond donors (Lipinski definition) is 3. The van der Waals surface area contributed by atoms with Gasteiger partial charge < -0.3 is 15.6 Å². The Labute approximate surface area is 139 Å². The van der Waals surface area contributed by atoms with Crippen LogP contribution in [-0.4, -0.2) is 16.6 Å². The van der Waals surface area contributed by atoms with Crippen molar-refractivity contribution in [2.45, 2.75) is 13.0 Å². The van der Waals surface area contributed by atoms with E-state index in [0.29, 0.717) is 11.7 Å². The van der Waals surface area contributed by atoms with Crippen molar-refractivity contribution < 1.29 is 4.39 Å². The SMILES string of the molecule is Fc1ccc(CNC(=S)NCCc2c[nH]c3ccccc23)cc1. The van der Waals surface area contributed by atoms with Crippen LogP contribution >= 0.6 is 12.2 Å². The summed E-state index contributed by atoms with van der Waals surface area (Å²) >= 11 is 5.27. The number of nitrogens with one attached hydrogen (secondary N) is 3. The van der Waals surface area contributed by atoms with E-state index in [-0.39, 0.29) is 5.82 Å². The molecule has 0 saturated carbocycles. The minimum atomic E-state index is -0.229. The van der Waals surface area contributed by atoms with Gasteiger partial charge in [0.25, 0.3) is 0 Å². The van der Waals surface area contributed by atoms with Crippen LogP contribution in [-0.2, 0) is 13.0 Å². The summed E-state index contributed by atoms with van der Waals surface area (Å²) in [5, 5.41) is 8.18. The van der Waals surface area contributed by atoms with Gasteiger partial charge in [0.15, 0.2) is 5.11 Å². The average molecular weight is 327 g/mol. The maximum absolute atomic E-state index is 12.8. The van der Waals surface area contributed by atoms with E-state index < -0.39 is 0 Å². The third-order valence-corrected chi connectivity index (χ3v) is 4.01.